The van der Waals surface area contributed by atoms with E-state index in [1.165, 1.54) is 5.56 Å². The molecule has 76 valence electrons. The lowest BCUT2D eigenvalue weighted by Gasteiger charge is -2.02. The Bertz CT molecular complexity index is 436. The molecule has 2 aromatic heterocycles. The summed E-state index contributed by atoms with van der Waals surface area (Å²) in [6.07, 6.45) is 4.39. The highest BCUT2D eigenvalue weighted by atomic mass is 79.9. The molecule has 3 nitrogen and oxygen atoms in total. The van der Waals surface area contributed by atoms with E-state index in [4.69, 9.17) is 0 Å². The Morgan fingerprint density at radius 1 is 1.20 bits per heavy atom. The molecule has 15 heavy (non-hydrogen) atoms. The topological polar surface area (TPSA) is 38.7 Å². The van der Waals surface area contributed by atoms with Gasteiger partial charge in [0.05, 0.1) is 0 Å². The van der Waals surface area contributed by atoms with Crippen molar-refractivity contribution in [2.75, 3.05) is 0 Å². The van der Waals surface area contributed by atoms with E-state index in [-0.39, 0.29) is 0 Å². The summed E-state index contributed by atoms with van der Waals surface area (Å²) in [5.74, 6) is 0.786. The largest absolute Gasteiger partial charge is 0.265 e. The molecule has 2 heterocycles. The van der Waals surface area contributed by atoms with Crippen LogP contribution in [0.15, 0.2) is 35.2 Å². The summed E-state index contributed by atoms with van der Waals surface area (Å²) in [5.41, 5.74) is 2.22. The predicted octanol–water partition coefficient (Wildman–Crippen LogP) is 2.53. The van der Waals surface area contributed by atoms with Crippen molar-refractivity contribution < 1.29 is 0 Å². The van der Waals surface area contributed by atoms with Crippen LogP contribution in [0, 0.1) is 6.92 Å². The van der Waals surface area contributed by atoms with Crippen LogP contribution in [0.1, 0.15) is 17.1 Å². The Balaban J connectivity index is 2.25. The maximum Gasteiger partial charge on any atom is 0.126 e. The first-order chi connectivity index (χ1) is 7.24. The van der Waals surface area contributed by atoms with Crippen LogP contribution in [-0.2, 0) is 6.42 Å². The molecule has 0 fully saturated rings. The second kappa shape index (κ2) is 4.49. The lowest BCUT2D eigenvalue weighted by atomic mass is 10.1. The number of halogens is 1. The van der Waals surface area contributed by atoms with Crippen LogP contribution < -0.4 is 0 Å². The molecular formula is C11H10BrN3. The zero-order valence-corrected chi connectivity index (χ0v) is 9.90. The molecule has 0 aliphatic rings. The zero-order chi connectivity index (χ0) is 10.7. The lowest BCUT2D eigenvalue weighted by molar-refractivity contribution is 0.953. The highest BCUT2D eigenvalue weighted by Gasteiger charge is 2.00. The summed E-state index contributed by atoms with van der Waals surface area (Å²) in [7, 11) is 0. The van der Waals surface area contributed by atoms with E-state index in [0.29, 0.717) is 0 Å². The molecule has 2 rings (SSSR count). The minimum Gasteiger partial charge on any atom is -0.265 e. The molecule has 0 aliphatic carbocycles. The Hall–Kier alpha value is -1.29. The number of aromatic nitrogens is 3. The zero-order valence-electron chi connectivity index (χ0n) is 8.31. The predicted molar refractivity (Wildman–Crippen MR) is 61.5 cm³/mol. The molecule has 0 bridgehead atoms. The molecule has 0 aliphatic heterocycles. The molecule has 0 amide bonds. The Kier molecular flexibility index (Phi) is 3.06. The molecule has 0 saturated carbocycles. The van der Waals surface area contributed by atoms with E-state index in [0.717, 1.165) is 22.5 Å². The second-order valence-electron chi connectivity index (χ2n) is 3.26. The summed E-state index contributed by atoms with van der Waals surface area (Å²) in [6, 6.07) is 5.92. The summed E-state index contributed by atoms with van der Waals surface area (Å²) in [4.78, 5) is 12.5. The minimum absolute atomic E-state index is 0.786. The van der Waals surface area contributed by atoms with E-state index in [1.807, 2.05) is 25.1 Å². The summed E-state index contributed by atoms with van der Waals surface area (Å²) >= 11 is 3.36. The molecule has 0 spiro atoms. The van der Waals surface area contributed by atoms with Crippen LogP contribution in [-0.4, -0.2) is 15.0 Å². The van der Waals surface area contributed by atoms with E-state index in [9.17, 15) is 0 Å². The fourth-order valence-corrected chi connectivity index (χ4v) is 1.91. The Labute approximate surface area is 96.7 Å². The van der Waals surface area contributed by atoms with Gasteiger partial charge in [0.15, 0.2) is 0 Å². The van der Waals surface area contributed by atoms with Crippen molar-refractivity contribution in [3.63, 3.8) is 0 Å². The maximum absolute atomic E-state index is 4.37. The monoisotopic (exact) mass is 263 g/mol. The average Bonchev–Trinajstić information content (AvgIpc) is 2.17. The van der Waals surface area contributed by atoms with Gasteiger partial charge in [0, 0.05) is 24.5 Å². The number of hydrogen-bond donors (Lipinski definition) is 0. The molecule has 0 radical (unpaired) electrons. The lowest BCUT2D eigenvalue weighted by Crippen LogP contribution is -1.97. The van der Waals surface area contributed by atoms with E-state index < -0.39 is 0 Å². The van der Waals surface area contributed by atoms with Crippen molar-refractivity contribution in [2.24, 2.45) is 0 Å². The van der Waals surface area contributed by atoms with E-state index >= 15 is 0 Å². The van der Waals surface area contributed by atoms with Crippen molar-refractivity contribution in [1.29, 1.82) is 0 Å². The van der Waals surface area contributed by atoms with Gasteiger partial charge in [0.1, 0.15) is 10.4 Å². The molecule has 0 saturated heterocycles. The standard InChI is InChI=1S/C11H10BrN3/c1-8-14-10(7-11(12)15-8)6-9-2-4-13-5-3-9/h2-5,7H,6H2,1H3. The van der Waals surface area contributed by atoms with Crippen LogP contribution in [0.3, 0.4) is 0 Å². The van der Waals surface area contributed by atoms with Crippen molar-refractivity contribution in [2.45, 2.75) is 13.3 Å². The molecule has 0 aromatic carbocycles. The first-order valence-electron chi connectivity index (χ1n) is 4.63. The van der Waals surface area contributed by atoms with Gasteiger partial charge in [-0.15, -0.1) is 0 Å². The van der Waals surface area contributed by atoms with Gasteiger partial charge in [-0.3, -0.25) is 4.98 Å². The molecule has 4 heteroatoms. The highest BCUT2D eigenvalue weighted by Crippen LogP contribution is 2.11. The number of nitrogens with zero attached hydrogens (tertiary/aromatic N) is 3. The van der Waals surface area contributed by atoms with Crippen molar-refractivity contribution >= 4 is 15.9 Å². The average molecular weight is 264 g/mol. The van der Waals surface area contributed by atoms with Gasteiger partial charge in [0.25, 0.3) is 0 Å². The minimum atomic E-state index is 0.786. The first-order valence-corrected chi connectivity index (χ1v) is 5.42. The van der Waals surface area contributed by atoms with E-state index in [1.54, 1.807) is 12.4 Å². The fourth-order valence-electron chi connectivity index (χ4n) is 1.39. The third-order valence-electron chi connectivity index (χ3n) is 1.99. The quantitative estimate of drug-likeness (QED) is 0.782. The third-order valence-corrected chi connectivity index (χ3v) is 2.40. The Morgan fingerprint density at radius 3 is 2.60 bits per heavy atom. The third kappa shape index (κ3) is 2.83. The molecule has 0 N–H and O–H groups in total. The van der Waals surface area contributed by atoms with Gasteiger partial charge in [-0.2, -0.15) is 0 Å². The second-order valence-corrected chi connectivity index (χ2v) is 4.07. The van der Waals surface area contributed by atoms with Crippen LogP contribution in [0.2, 0.25) is 0 Å². The Morgan fingerprint density at radius 2 is 1.93 bits per heavy atom. The van der Waals surface area contributed by atoms with Crippen molar-refractivity contribution in [3.05, 3.63) is 52.3 Å². The van der Waals surface area contributed by atoms with Gasteiger partial charge in [-0.25, -0.2) is 9.97 Å². The van der Waals surface area contributed by atoms with Crippen LogP contribution in [0.25, 0.3) is 0 Å². The van der Waals surface area contributed by atoms with Gasteiger partial charge < -0.3 is 0 Å². The highest BCUT2D eigenvalue weighted by molar-refractivity contribution is 9.10. The van der Waals surface area contributed by atoms with Crippen LogP contribution in [0.4, 0.5) is 0 Å². The van der Waals surface area contributed by atoms with Crippen molar-refractivity contribution in [1.82, 2.24) is 15.0 Å². The van der Waals surface area contributed by atoms with Gasteiger partial charge >= 0.3 is 0 Å². The van der Waals surface area contributed by atoms with Gasteiger partial charge in [0.2, 0.25) is 0 Å². The number of hydrogen-bond acceptors (Lipinski definition) is 3. The fraction of sp³-hybridized carbons (Fsp3) is 0.182. The number of pyridine rings is 1. The van der Waals surface area contributed by atoms with Crippen LogP contribution in [0.5, 0.6) is 0 Å². The molecule has 0 atom stereocenters. The van der Waals surface area contributed by atoms with E-state index in [2.05, 4.69) is 30.9 Å². The maximum atomic E-state index is 4.37. The van der Waals surface area contributed by atoms with Crippen molar-refractivity contribution in [3.8, 4) is 0 Å². The number of aryl methyl sites for hydroxylation is 1. The van der Waals surface area contributed by atoms with Gasteiger partial charge in [-0.1, -0.05) is 0 Å². The molecular weight excluding hydrogens is 254 g/mol. The summed E-state index contributed by atoms with van der Waals surface area (Å²) in [6.45, 7) is 1.89. The summed E-state index contributed by atoms with van der Waals surface area (Å²) < 4.78 is 0.832. The molecule has 2 aromatic rings. The van der Waals surface area contributed by atoms with Crippen LogP contribution >= 0.6 is 15.9 Å². The summed E-state index contributed by atoms with van der Waals surface area (Å²) in [5, 5.41) is 0. The normalized spacial score (nSPS) is 10.3. The first kappa shape index (κ1) is 10.2. The number of rotatable bonds is 2. The SMILES string of the molecule is Cc1nc(Br)cc(Cc2ccncc2)n1. The molecule has 0 unspecified atom stereocenters. The smallest absolute Gasteiger partial charge is 0.126 e. The van der Waals surface area contributed by atoms with Gasteiger partial charge in [-0.05, 0) is 46.6 Å².